The van der Waals surface area contributed by atoms with Gasteiger partial charge in [0.25, 0.3) is 5.91 Å². The Balaban J connectivity index is 1.69. The van der Waals surface area contributed by atoms with E-state index in [0.29, 0.717) is 21.4 Å². The van der Waals surface area contributed by atoms with Crippen LogP contribution in [0.4, 0.5) is 11.4 Å². The molecule has 6 nitrogen and oxygen atoms in total. The summed E-state index contributed by atoms with van der Waals surface area (Å²) in [4.78, 5) is 35.3. The SMILES string of the molecule is Cc1ccc(NC(=O)CCC(=O)OCC(=O)Nc2ccc(Cl)cc2)cc1Cl. The van der Waals surface area contributed by atoms with Gasteiger partial charge >= 0.3 is 5.97 Å². The Kier molecular flexibility index (Phi) is 7.64. The van der Waals surface area contributed by atoms with E-state index in [2.05, 4.69) is 10.6 Å². The Morgan fingerprint density at radius 1 is 0.889 bits per heavy atom. The number of nitrogens with one attached hydrogen (secondary N) is 2. The smallest absolute Gasteiger partial charge is 0.306 e. The third-order valence-corrected chi connectivity index (χ3v) is 4.16. The van der Waals surface area contributed by atoms with Gasteiger partial charge in [-0.3, -0.25) is 14.4 Å². The van der Waals surface area contributed by atoms with Crippen LogP contribution in [-0.2, 0) is 19.1 Å². The third kappa shape index (κ3) is 7.29. The number of halogens is 2. The van der Waals surface area contributed by atoms with Gasteiger partial charge in [0, 0.05) is 27.8 Å². The minimum absolute atomic E-state index is 0.0663. The zero-order valence-corrected chi connectivity index (χ0v) is 16.1. The van der Waals surface area contributed by atoms with Crippen molar-refractivity contribution < 1.29 is 19.1 Å². The van der Waals surface area contributed by atoms with Crippen LogP contribution in [0.25, 0.3) is 0 Å². The van der Waals surface area contributed by atoms with E-state index in [0.717, 1.165) is 5.56 Å². The van der Waals surface area contributed by atoms with Crippen molar-refractivity contribution in [2.75, 3.05) is 17.2 Å². The largest absolute Gasteiger partial charge is 0.456 e. The van der Waals surface area contributed by atoms with Crippen LogP contribution >= 0.6 is 23.2 Å². The van der Waals surface area contributed by atoms with Gasteiger partial charge in [-0.2, -0.15) is 0 Å². The highest BCUT2D eigenvalue weighted by atomic mass is 35.5. The minimum atomic E-state index is -0.640. The molecule has 0 aliphatic rings. The van der Waals surface area contributed by atoms with Crippen molar-refractivity contribution in [3.63, 3.8) is 0 Å². The maximum Gasteiger partial charge on any atom is 0.306 e. The zero-order valence-electron chi connectivity index (χ0n) is 14.6. The standard InChI is InChI=1S/C19H18Cl2N2O4/c1-12-2-5-15(10-16(12)21)23-17(24)8-9-19(26)27-11-18(25)22-14-6-3-13(20)4-7-14/h2-7,10H,8-9,11H2,1H3,(H,22,25)(H,23,24). The van der Waals surface area contributed by atoms with Gasteiger partial charge in [-0.1, -0.05) is 29.3 Å². The fraction of sp³-hybridized carbons (Fsp3) is 0.211. The first kappa shape index (κ1) is 20.7. The Bertz CT molecular complexity index is 838. The summed E-state index contributed by atoms with van der Waals surface area (Å²) in [5.41, 5.74) is 1.98. The highest BCUT2D eigenvalue weighted by Gasteiger charge is 2.11. The van der Waals surface area contributed by atoms with Gasteiger partial charge < -0.3 is 15.4 Å². The van der Waals surface area contributed by atoms with Crippen molar-refractivity contribution >= 4 is 52.4 Å². The normalized spacial score (nSPS) is 10.2. The molecule has 0 saturated carbocycles. The molecule has 0 heterocycles. The van der Waals surface area contributed by atoms with Gasteiger partial charge in [-0.15, -0.1) is 0 Å². The van der Waals surface area contributed by atoms with Crippen molar-refractivity contribution in [2.24, 2.45) is 0 Å². The number of esters is 1. The van der Waals surface area contributed by atoms with Gasteiger partial charge in [0.2, 0.25) is 5.91 Å². The first-order chi connectivity index (χ1) is 12.8. The molecule has 8 heteroatoms. The summed E-state index contributed by atoms with van der Waals surface area (Å²) in [5.74, 6) is -1.47. The van der Waals surface area contributed by atoms with Crippen LogP contribution < -0.4 is 10.6 Å². The number of amides is 2. The summed E-state index contributed by atoms with van der Waals surface area (Å²) in [5, 5.41) is 6.30. The van der Waals surface area contributed by atoms with Crippen molar-refractivity contribution in [3.05, 3.63) is 58.1 Å². The number of carbonyl (C=O) groups excluding carboxylic acids is 3. The van der Waals surface area contributed by atoms with E-state index in [4.69, 9.17) is 27.9 Å². The quantitative estimate of drug-likeness (QED) is 0.672. The van der Waals surface area contributed by atoms with E-state index >= 15 is 0 Å². The average Bonchev–Trinajstić information content (AvgIpc) is 2.63. The molecule has 2 aromatic rings. The van der Waals surface area contributed by atoms with Crippen LogP contribution in [0.15, 0.2) is 42.5 Å². The second kappa shape index (κ2) is 9.94. The first-order valence-electron chi connectivity index (χ1n) is 8.10. The van der Waals surface area contributed by atoms with Crippen LogP contribution in [0, 0.1) is 6.92 Å². The van der Waals surface area contributed by atoms with E-state index < -0.39 is 18.5 Å². The predicted octanol–water partition coefficient (Wildman–Crippen LogP) is 4.20. The summed E-state index contributed by atoms with van der Waals surface area (Å²) in [7, 11) is 0. The van der Waals surface area contributed by atoms with Crippen LogP contribution in [0.1, 0.15) is 18.4 Å². The molecular formula is C19H18Cl2N2O4. The fourth-order valence-corrected chi connectivity index (χ4v) is 2.36. The maximum atomic E-state index is 11.9. The summed E-state index contributed by atoms with van der Waals surface area (Å²) >= 11 is 11.7. The van der Waals surface area contributed by atoms with Crippen molar-refractivity contribution in [3.8, 4) is 0 Å². The summed E-state index contributed by atoms with van der Waals surface area (Å²) in [6, 6.07) is 11.7. The molecule has 2 N–H and O–H groups in total. The zero-order chi connectivity index (χ0) is 19.8. The summed E-state index contributed by atoms with van der Waals surface area (Å²) in [6.07, 6.45) is -0.206. The molecule has 2 amide bonds. The Morgan fingerprint density at radius 2 is 1.52 bits per heavy atom. The Labute approximate surface area is 166 Å². The fourth-order valence-electron chi connectivity index (χ4n) is 2.06. The van der Waals surface area contributed by atoms with Crippen LogP contribution in [0.3, 0.4) is 0 Å². The molecule has 27 heavy (non-hydrogen) atoms. The van der Waals surface area contributed by atoms with Crippen LogP contribution in [0.2, 0.25) is 10.0 Å². The maximum absolute atomic E-state index is 11.9. The number of hydrogen-bond acceptors (Lipinski definition) is 4. The van der Waals surface area contributed by atoms with Crippen LogP contribution in [0.5, 0.6) is 0 Å². The number of hydrogen-bond donors (Lipinski definition) is 2. The average molecular weight is 409 g/mol. The van der Waals surface area contributed by atoms with Crippen molar-refractivity contribution in [1.82, 2.24) is 0 Å². The van der Waals surface area contributed by atoms with Gasteiger partial charge in [-0.05, 0) is 48.9 Å². The van der Waals surface area contributed by atoms with E-state index in [1.54, 1.807) is 42.5 Å². The van der Waals surface area contributed by atoms with Crippen molar-refractivity contribution in [2.45, 2.75) is 19.8 Å². The molecule has 0 atom stereocenters. The molecule has 0 aliphatic heterocycles. The van der Waals surface area contributed by atoms with E-state index in [1.165, 1.54) is 0 Å². The van der Waals surface area contributed by atoms with E-state index in [9.17, 15) is 14.4 Å². The molecule has 0 aromatic heterocycles. The molecule has 0 aliphatic carbocycles. The Hall–Kier alpha value is -2.57. The highest BCUT2D eigenvalue weighted by Crippen LogP contribution is 2.20. The molecule has 2 rings (SSSR count). The molecule has 2 aromatic carbocycles. The number of ether oxygens (including phenoxy) is 1. The molecule has 0 bridgehead atoms. The number of benzene rings is 2. The molecule has 0 spiro atoms. The second-order valence-corrected chi connectivity index (χ2v) is 6.57. The molecule has 142 valence electrons. The lowest BCUT2D eigenvalue weighted by atomic mass is 10.2. The number of carbonyl (C=O) groups is 3. The molecule has 0 radical (unpaired) electrons. The predicted molar refractivity (Wildman–Crippen MR) is 105 cm³/mol. The molecule has 0 fully saturated rings. The second-order valence-electron chi connectivity index (χ2n) is 5.73. The van der Waals surface area contributed by atoms with Gasteiger partial charge in [-0.25, -0.2) is 0 Å². The monoisotopic (exact) mass is 408 g/mol. The molecule has 0 saturated heterocycles. The number of anilines is 2. The van der Waals surface area contributed by atoms with E-state index in [1.807, 2.05) is 6.92 Å². The van der Waals surface area contributed by atoms with Gasteiger partial charge in [0.15, 0.2) is 6.61 Å². The highest BCUT2D eigenvalue weighted by molar-refractivity contribution is 6.31. The lowest BCUT2D eigenvalue weighted by Crippen LogP contribution is -2.21. The van der Waals surface area contributed by atoms with Crippen LogP contribution in [-0.4, -0.2) is 24.4 Å². The lowest BCUT2D eigenvalue weighted by molar-refractivity contribution is -0.147. The topological polar surface area (TPSA) is 84.5 Å². The van der Waals surface area contributed by atoms with E-state index in [-0.39, 0.29) is 18.7 Å². The van der Waals surface area contributed by atoms with Gasteiger partial charge in [0.05, 0.1) is 6.42 Å². The minimum Gasteiger partial charge on any atom is -0.456 e. The van der Waals surface area contributed by atoms with Gasteiger partial charge in [0.1, 0.15) is 0 Å². The number of rotatable bonds is 7. The molecule has 0 unspecified atom stereocenters. The molecular weight excluding hydrogens is 391 g/mol. The first-order valence-corrected chi connectivity index (χ1v) is 8.86. The summed E-state index contributed by atoms with van der Waals surface area (Å²) < 4.78 is 4.86. The number of aryl methyl sites for hydroxylation is 1. The summed E-state index contributed by atoms with van der Waals surface area (Å²) in [6.45, 7) is 1.42. The third-order valence-electron chi connectivity index (χ3n) is 3.50. The Morgan fingerprint density at radius 3 is 2.19 bits per heavy atom. The lowest BCUT2D eigenvalue weighted by Gasteiger charge is -2.08. The van der Waals surface area contributed by atoms with Crippen molar-refractivity contribution in [1.29, 1.82) is 0 Å².